The van der Waals surface area contributed by atoms with Crippen molar-refractivity contribution in [2.24, 2.45) is 0 Å². The van der Waals surface area contributed by atoms with Gasteiger partial charge in [0.1, 0.15) is 10.8 Å². The summed E-state index contributed by atoms with van der Waals surface area (Å²) in [5, 5.41) is 12.0. The zero-order chi connectivity index (χ0) is 27.1. The maximum atomic E-state index is 12.5. The van der Waals surface area contributed by atoms with Gasteiger partial charge in [0, 0.05) is 24.4 Å². The molecule has 8 nitrogen and oxygen atoms in total. The van der Waals surface area contributed by atoms with E-state index in [0.29, 0.717) is 40.5 Å². The Hall–Kier alpha value is -4.14. The lowest BCUT2D eigenvalue weighted by molar-refractivity contribution is -0.111. The number of ether oxygens (including phenoxy) is 1. The summed E-state index contributed by atoms with van der Waals surface area (Å²) in [7, 11) is 3.87. The summed E-state index contributed by atoms with van der Waals surface area (Å²) in [6.45, 7) is 4.56. The monoisotopic (exact) mass is 530 g/mol. The quantitative estimate of drug-likeness (QED) is 0.199. The number of hydrogen-bond acceptors (Lipinski definition) is 7. The van der Waals surface area contributed by atoms with Crippen molar-refractivity contribution in [2.75, 3.05) is 36.6 Å². The number of likely N-dealkylation sites (N-methyl/N-ethyl adjacent to an activating group) is 1. The molecular weight excluding hydrogens is 500 g/mol. The second-order valence-electron chi connectivity index (χ2n) is 9.23. The van der Waals surface area contributed by atoms with Crippen molar-refractivity contribution < 1.29 is 9.53 Å². The molecule has 1 heterocycles. The molecule has 0 aliphatic rings. The highest BCUT2D eigenvalue weighted by molar-refractivity contribution is 6.33. The fourth-order valence-electron chi connectivity index (χ4n) is 3.67. The molecule has 1 amide bonds. The zero-order valence-electron chi connectivity index (χ0n) is 21.8. The average molecular weight is 531 g/mol. The number of fused-ring (bicyclic) bond motifs is 1. The van der Waals surface area contributed by atoms with E-state index >= 15 is 0 Å². The van der Waals surface area contributed by atoms with Gasteiger partial charge in [-0.1, -0.05) is 48.0 Å². The summed E-state index contributed by atoms with van der Waals surface area (Å²) in [6.07, 6.45) is 4.82. The molecule has 0 bridgehead atoms. The number of amides is 1. The van der Waals surface area contributed by atoms with Crippen molar-refractivity contribution >= 4 is 57.1 Å². The van der Waals surface area contributed by atoms with Crippen molar-refractivity contribution in [3.63, 3.8) is 0 Å². The smallest absolute Gasteiger partial charge is 0.248 e. The molecule has 0 unspecified atom stereocenters. The lowest BCUT2D eigenvalue weighted by Gasteiger charge is -2.16. The zero-order valence-corrected chi connectivity index (χ0v) is 22.6. The molecule has 38 heavy (non-hydrogen) atoms. The Balaban J connectivity index is 1.58. The van der Waals surface area contributed by atoms with Gasteiger partial charge in [-0.15, -0.1) is 0 Å². The second-order valence-corrected chi connectivity index (χ2v) is 9.64. The SMILES string of the molecule is CC(C)Oc1ccc(NC(=O)/C=C/CN(C)C)c(Nc2ncc(Cl)c(Nc3ccc4ccccc4c3)n2)c1. The predicted molar refractivity (Wildman–Crippen MR) is 156 cm³/mol. The van der Waals surface area contributed by atoms with Crippen LogP contribution in [-0.4, -0.2) is 47.5 Å². The Morgan fingerprint density at radius 3 is 2.58 bits per heavy atom. The molecule has 0 fully saturated rings. The van der Waals surface area contributed by atoms with Crippen molar-refractivity contribution in [1.29, 1.82) is 0 Å². The third-order valence-corrected chi connectivity index (χ3v) is 5.64. The molecule has 3 aromatic carbocycles. The minimum Gasteiger partial charge on any atom is -0.491 e. The van der Waals surface area contributed by atoms with E-state index in [1.165, 1.54) is 12.3 Å². The number of nitrogens with one attached hydrogen (secondary N) is 3. The van der Waals surface area contributed by atoms with Crippen LogP contribution in [0.2, 0.25) is 5.02 Å². The summed E-state index contributed by atoms with van der Waals surface area (Å²) < 4.78 is 5.85. The Labute approximate surface area is 227 Å². The number of aromatic nitrogens is 2. The van der Waals surface area contributed by atoms with Crippen molar-refractivity contribution in [3.8, 4) is 5.75 Å². The Bertz CT molecular complexity index is 1450. The van der Waals surface area contributed by atoms with Gasteiger partial charge in [0.05, 0.1) is 23.7 Å². The van der Waals surface area contributed by atoms with Gasteiger partial charge >= 0.3 is 0 Å². The number of rotatable bonds is 10. The highest BCUT2D eigenvalue weighted by Crippen LogP contribution is 2.31. The van der Waals surface area contributed by atoms with Gasteiger partial charge < -0.3 is 25.6 Å². The van der Waals surface area contributed by atoms with Crippen LogP contribution in [0.3, 0.4) is 0 Å². The van der Waals surface area contributed by atoms with Crippen LogP contribution in [0.25, 0.3) is 10.8 Å². The van der Waals surface area contributed by atoms with Gasteiger partial charge in [-0.3, -0.25) is 4.79 Å². The van der Waals surface area contributed by atoms with Crippen LogP contribution in [0.1, 0.15) is 13.8 Å². The first-order valence-electron chi connectivity index (χ1n) is 12.2. The second kappa shape index (κ2) is 12.4. The summed E-state index contributed by atoms with van der Waals surface area (Å²) in [4.78, 5) is 23.4. The largest absolute Gasteiger partial charge is 0.491 e. The topological polar surface area (TPSA) is 91.4 Å². The van der Waals surface area contributed by atoms with Gasteiger partial charge in [0.15, 0.2) is 5.82 Å². The molecule has 196 valence electrons. The first kappa shape index (κ1) is 26.9. The van der Waals surface area contributed by atoms with E-state index in [9.17, 15) is 4.79 Å². The van der Waals surface area contributed by atoms with E-state index in [0.717, 1.165) is 16.5 Å². The van der Waals surface area contributed by atoms with Crippen molar-refractivity contribution in [2.45, 2.75) is 20.0 Å². The molecule has 4 rings (SSSR count). The summed E-state index contributed by atoms with van der Waals surface area (Å²) in [5.74, 6) is 1.15. The van der Waals surface area contributed by atoms with Gasteiger partial charge in [0.25, 0.3) is 0 Å². The Morgan fingerprint density at radius 2 is 1.82 bits per heavy atom. The number of benzene rings is 3. The average Bonchev–Trinajstić information content (AvgIpc) is 2.87. The predicted octanol–water partition coefficient (Wildman–Crippen LogP) is 6.61. The maximum absolute atomic E-state index is 12.5. The van der Waals surface area contributed by atoms with Crippen molar-refractivity contribution in [1.82, 2.24) is 14.9 Å². The molecule has 0 aliphatic heterocycles. The van der Waals surface area contributed by atoms with Gasteiger partial charge in [0.2, 0.25) is 11.9 Å². The number of anilines is 5. The fraction of sp³-hybridized carbons (Fsp3) is 0.207. The molecule has 0 saturated heterocycles. The molecule has 0 spiro atoms. The van der Waals surface area contributed by atoms with Crippen LogP contribution in [-0.2, 0) is 4.79 Å². The van der Waals surface area contributed by atoms with E-state index in [4.69, 9.17) is 16.3 Å². The number of carbonyl (C=O) groups is 1. The standard InChI is InChI=1S/C29H31ClN6O2/c1-19(2)38-23-13-14-25(33-27(37)10-7-15-36(3)4)26(17-23)34-29-31-18-24(30)28(35-29)32-22-12-11-20-8-5-6-9-21(20)16-22/h5-14,16-19H,15H2,1-4H3,(H,33,37)(H2,31,32,34,35)/b10-7+. The highest BCUT2D eigenvalue weighted by Gasteiger charge is 2.12. The number of halogens is 1. The maximum Gasteiger partial charge on any atom is 0.248 e. The molecular formula is C29H31ClN6O2. The van der Waals surface area contributed by atoms with E-state index < -0.39 is 0 Å². The van der Waals surface area contributed by atoms with Gasteiger partial charge in [-0.25, -0.2) is 4.98 Å². The normalized spacial score (nSPS) is 11.3. The third-order valence-electron chi connectivity index (χ3n) is 5.36. The van der Waals surface area contributed by atoms with Crippen LogP contribution >= 0.6 is 11.6 Å². The van der Waals surface area contributed by atoms with Crippen LogP contribution in [0.15, 0.2) is 79.0 Å². The molecule has 9 heteroatoms. The van der Waals surface area contributed by atoms with E-state index in [1.807, 2.05) is 69.2 Å². The van der Waals surface area contributed by atoms with Crippen LogP contribution < -0.4 is 20.7 Å². The molecule has 0 saturated carbocycles. The fourth-order valence-corrected chi connectivity index (χ4v) is 3.80. The summed E-state index contributed by atoms with van der Waals surface area (Å²) in [6, 6.07) is 19.5. The molecule has 3 N–H and O–H groups in total. The lowest BCUT2D eigenvalue weighted by atomic mass is 10.1. The molecule has 0 radical (unpaired) electrons. The van der Waals surface area contributed by atoms with Gasteiger partial charge in [-0.2, -0.15) is 4.98 Å². The van der Waals surface area contributed by atoms with Crippen molar-refractivity contribution in [3.05, 3.63) is 84.0 Å². The van der Waals surface area contributed by atoms with E-state index in [-0.39, 0.29) is 12.0 Å². The van der Waals surface area contributed by atoms with Gasteiger partial charge in [-0.05, 0) is 63.0 Å². The van der Waals surface area contributed by atoms with E-state index in [1.54, 1.807) is 24.3 Å². The molecule has 0 aliphatic carbocycles. The summed E-state index contributed by atoms with van der Waals surface area (Å²) >= 11 is 6.42. The number of hydrogen-bond donors (Lipinski definition) is 3. The third kappa shape index (κ3) is 7.44. The van der Waals surface area contributed by atoms with E-state index in [2.05, 4.69) is 32.0 Å². The lowest BCUT2D eigenvalue weighted by Crippen LogP contribution is -2.14. The summed E-state index contributed by atoms with van der Waals surface area (Å²) in [5.41, 5.74) is 1.99. The molecule has 4 aromatic rings. The molecule has 1 aromatic heterocycles. The number of carbonyl (C=O) groups excluding carboxylic acids is 1. The van der Waals surface area contributed by atoms with Crippen LogP contribution in [0.4, 0.5) is 28.8 Å². The van der Waals surface area contributed by atoms with Crippen LogP contribution in [0, 0.1) is 0 Å². The Kier molecular flexibility index (Phi) is 8.78. The molecule has 0 atom stereocenters. The first-order valence-corrected chi connectivity index (χ1v) is 12.6. The first-order chi connectivity index (χ1) is 18.3. The minimum atomic E-state index is -0.247. The van der Waals surface area contributed by atoms with Crippen LogP contribution in [0.5, 0.6) is 5.75 Å². The minimum absolute atomic E-state index is 0.0122. The Morgan fingerprint density at radius 1 is 1.03 bits per heavy atom. The highest BCUT2D eigenvalue weighted by atomic mass is 35.5. The number of nitrogens with zero attached hydrogens (tertiary/aromatic N) is 3.